The van der Waals surface area contributed by atoms with Gasteiger partial charge in [-0.2, -0.15) is 0 Å². The number of rotatable bonds is 3. The number of halogens is 1. The molecule has 2 aromatic carbocycles. The molecule has 2 N–H and O–H groups in total. The van der Waals surface area contributed by atoms with Crippen LogP contribution in [0.5, 0.6) is 0 Å². The molecule has 1 aliphatic heterocycles. The van der Waals surface area contributed by atoms with Gasteiger partial charge in [0.15, 0.2) is 0 Å². The van der Waals surface area contributed by atoms with Gasteiger partial charge in [0.2, 0.25) is 0 Å². The zero-order valence-electron chi connectivity index (χ0n) is 12.9. The highest BCUT2D eigenvalue weighted by Gasteiger charge is 2.23. The Hall–Kier alpha value is -2.04. The van der Waals surface area contributed by atoms with E-state index in [1.54, 1.807) is 18.2 Å². The van der Waals surface area contributed by atoms with E-state index in [0.29, 0.717) is 29.4 Å². The Balaban J connectivity index is 1.60. The summed E-state index contributed by atoms with van der Waals surface area (Å²) in [4.78, 5) is 16.8. The van der Waals surface area contributed by atoms with Crippen LogP contribution in [0.3, 0.4) is 0 Å². The summed E-state index contributed by atoms with van der Waals surface area (Å²) >= 11 is 6.13. The average molecular weight is 330 g/mol. The molecule has 1 saturated heterocycles. The minimum Gasteiger partial charge on any atom is -0.399 e. The third-order valence-corrected chi connectivity index (χ3v) is 4.46. The summed E-state index contributed by atoms with van der Waals surface area (Å²) in [5.41, 5.74) is 8.11. The molecule has 0 unspecified atom stereocenters. The SMILES string of the molecule is Nc1ccc(Cl)c(C(=O)N2CCN(Cc3ccccc3)CC2)c1. The Kier molecular flexibility index (Phi) is 4.84. The predicted octanol–water partition coefficient (Wildman–Crippen LogP) is 2.88. The molecule has 1 aliphatic rings. The van der Waals surface area contributed by atoms with Crippen molar-refractivity contribution < 1.29 is 4.79 Å². The highest BCUT2D eigenvalue weighted by atomic mass is 35.5. The number of amides is 1. The summed E-state index contributed by atoms with van der Waals surface area (Å²) in [7, 11) is 0. The molecule has 5 heteroatoms. The minimum atomic E-state index is -0.0401. The molecule has 4 nitrogen and oxygen atoms in total. The second kappa shape index (κ2) is 7.02. The van der Waals surface area contributed by atoms with Crippen molar-refractivity contribution in [2.45, 2.75) is 6.54 Å². The number of nitrogen functional groups attached to an aromatic ring is 1. The maximum absolute atomic E-state index is 12.6. The van der Waals surface area contributed by atoms with Crippen molar-refractivity contribution >= 4 is 23.2 Å². The van der Waals surface area contributed by atoms with Crippen molar-refractivity contribution in [2.24, 2.45) is 0 Å². The second-order valence-electron chi connectivity index (χ2n) is 5.79. The van der Waals surface area contributed by atoms with Crippen LogP contribution in [0.25, 0.3) is 0 Å². The first-order valence-corrected chi connectivity index (χ1v) is 8.12. The van der Waals surface area contributed by atoms with Crippen LogP contribution in [0, 0.1) is 0 Å². The molecule has 0 radical (unpaired) electrons. The van der Waals surface area contributed by atoms with E-state index in [0.717, 1.165) is 19.6 Å². The summed E-state index contributed by atoms with van der Waals surface area (Å²) in [6, 6.07) is 15.4. The molecule has 0 bridgehead atoms. The van der Waals surface area contributed by atoms with Gasteiger partial charge < -0.3 is 10.6 Å². The number of carbonyl (C=O) groups excluding carboxylic acids is 1. The summed E-state index contributed by atoms with van der Waals surface area (Å²) in [5.74, 6) is -0.0401. The topological polar surface area (TPSA) is 49.6 Å². The standard InChI is InChI=1S/C18H20ClN3O/c19-17-7-6-15(20)12-16(17)18(23)22-10-8-21(9-11-22)13-14-4-2-1-3-5-14/h1-7,12H,8-11,13,20H2. The third-order valence-electron chi connectivity index (χ3n) is 4.13. The Labute approximate surface area is 141 Å². The molecular weight excluding hydrogens is 310 g/mol. The number of anilines is 1. The highest BCUT2D eigenvalue weighted by molar-refractivity contribution is 6.34. The number of carbonyl (C=O) groups is 1. The lowest BCUT2D eigenvalue weighted by atomic mass is 10.1. The molecule has 1 heterocycles. The average Bonchev–Trinajstić information content (AvgIpc) is 2.58. The van der Waals surface area contributed by atoms with Gasteiger partial charge >= 0.3 is 0 Å². The number of nitrogens with zero attached hydrogens (tertiary/aromatic N) is 2. The lowest BCUT2D eigenvalue weighted by Gasteiger charge is -2.35. The largest absolute Gasteiger partial charge is 0.399 e. The van der Waals surface area contributed by atoms with Crippen molar-refractivity contribution in [1.82, 2.24) is 9.80 Å². The van der Waals surface area contributed by atoms with Gasteiger partial charge in [-0.05, 0) is 23.8 Å². The van der Waals surface area contributed by atoms with Crippen LogP contribution in [0.4, 0.5) is 5.69 Å². The van der Waals surface area contributed by atoms with Crippen LogP contribution >= 0.6 is 11.6 Å². The predicted molar refractivity (Wildman–Crippen MR) is 93.5 cm³/mol. The summed E-state index contributed by atoms with van der Waals surface area (Å²) in [6.07, 6.45) is 0. The molecule has 1 amide bonds. The smallest absolute Gasteiger partial charge is 0.255 e. The number of piperazine rings is 1. The van der Waals surface area contributed by atoms with E-state index >= 15 is 0 Å². The Bertz CT molecular complexity index is 682. The molecular formula is C18H20ClN3O. The molecule has 0 atom stereocenters. The molecule has 1 fully saturated rings. The van der Waals surface area contributed by atoms with E-state index < -0.39 is 0 Å². The Morgan fingerprint density at radius 2 is 1.74 bits per heavy atom. The molecule has 2 aromatic rings. The van der Waals surface area contributed by atoms with Gasteiger partial charge in [-0.3, -0.25) is 9.69 Å². The van der Waals surface area contributed by atoms with Gasteiger partial charge in [-0.1, -0.05) is 41.9 Å². The van der Waals surface area contributed by atoms with Crippen LogP contribution in [-0.4, -0.2) is 41.9 Å². The number of hydrogen-bond donors (Lipinski definition) is 1. The number of nitrogens with two attached hydrogens (primary N) is 1. The fourth-order valence-electron chi connectivity index (χ4n) is 2.83. The van der Waals surface area contributed by atoms with Crippen LogP contribution < -0.4 is 5.73 Å². The summed E-state index contributed by atoms with van der Waals surface area (Å²) < 4.78 is 0. The lowest BCUT2D eigenvalue weighted by Crippen LogP contribution is -2.48. The summed E-state index contributed by atoms with van der Waals surface area (Å²) in [5, 5.41) is 0.455. The Morgan fingerprint density at radius 1 is 1.04 bits per heavy atom. The zero-order chi connectivity index (χ0) is 16.2. The molecule has 0 saturated carbocycles. The van der Waals surface area contributed by atoms with Crippen molar-refractivity contribution in [3.63, 3.8) is 0 Å². The molecule has 0 aromatic heterocycles. The van der Waals surface area contributed by atoms with Gasteiger partial charge in [0, 0.05) is 38.4 Å². The zero-order valence-corrected chi connectivity index (χ0v) is 13.7. The first-order chi connectivity index (χ1) is 11.1. The first-order valence-electron chi connectivity index (χ1n) is 7.74. The van der Waals surface area contributed by atoms with Gasteiger partial charge in [0.05, 0.1) is 10.6 Å². The monoisotopic (exact) mass is 329 g/mol. The van der Waals surface area contributed by atoms with Gasteiger partial charge in [0.1, 0.15) is 0 Å². The quantitative estimate of drug-likeness (QED) is 0.881. The van der Waals surface area contributed by atoms with Gasteiger partial charge in [-0.15, -0.1) is 0 Å². The highest BCUT2D eigenvalue weighted by Crippen LogP contribution is 2.21. The van der Waals surface area contributed by atoms with Crippen molar-refractivity contribution in [3.8, 4) is 0 Å². The third kappa shape index (κ3) is 3.84. The van der Waals surface area contributed by atoms with E-state index in [1.165, 1.54) is 5.56 Å². The van der Waals surface area contributed by atoms with E-state index in [4.69, 9.17) is 17.3 Å². The van der Waals surface area contributed by atoms with Crippen LogP contribution in [-0.2, 0) is 6.54 Å². The minimum absolute atomic E-state index is 0.0401. The van der Waals surface area contributed by atoms with Crippen molar-refractivity contribution in [3.05, 3.63) is 64.7 Å². The normalized spacial score (nSPS) is 15.6. The van der Waals surface area contributed by atoms with E-state index in [1.807, 2.05) is 11.0 Å². The van der Waals surface area contributed by atoms with Crippen LogP contribution in [0.1, 0.15) is 15.9 Å². The maximum atomic E-state index is 12.6. The van der Waals surface area contributed by atoms with Crippen LogP contribution in [0.15, 0.2) is 48.5 Å². The van der Waals surface area contributed by atoms with Crippen molar-refractivity contribution in [1.29, 1.82) is 0 Å². The van der Waals surface area contributed by atoms with Crippen LogP contribution in [0.2, 0.25) is 5.02 Å². The first kappa shape index (κ1) is 15.8. The van der Waals surface area contributed by atoms with Gasteiger partial charge in [0.25, 0.3) is 5.91 Å². The van der Waals surface area contributed by atoms with E-state index in [2.05, 4.69) is 29.2 Å². The number of hydrogen-bond acceptors (Lipinski definition) is 3. The van der Waals surface area contributed by atoms with E-state index in [9.17, 15) is 4.79 Å². The van der Waals surface area contributed by atoms with E-state index in [-0.39, 0.29) is 5.91 Å². The fourth-order valence-corrected chi connectivity index (χ4v) is 3.03. The van der Waals surface area contributed by atoms with Gasteiger partial charge in [-0.25, -0.2) is 0 Å². The van der Waals surface area contributed by atoms with Crippen molar-refractivity contribution in [2.75, 3.05) is 31.9 Å². The number of benzene rings is 2. The lowest BCUT2D eigenvalue weighted by molar-refractivity contribution is 0.0628. The molecule has 0 spiro atoms. The molecule has 120 valence electrons. The molecule has 3 rings (SSSR count). The maximum Gasteiger partial charge on any atom is 0.255 e. The Morgan fingerprint density at radius 3 is 2.43 bits per heavy atom. The fraction of sp³-hybridized carbons (Fsp3) is 0.278. The summed E-state index contributed by atoms with van der Waals surface area (Å²) in [6.45, 7) is 4.05. The molecule has 23 heavy (non-hydrogen) atoms. The molecule has 0 aliphatic carbocycles. The second-order valence-corrected chi connectivity index (χ2v) is 6.20.